The van der Waals surface area contributed by atoms with Crippen molar-refractivity contribution in [3.05, 3.63) is 63.8 Å². The summed E-state index contributed by atoms with van der Waals surface area (Å²) < 4.78 is 5.42. The van der Waals surface area contributed by atoms with E-state index in [1.165, 1.54) is 7.11 Å². The molecule has 0 bridgehead atoms. The number of aliphatic carboxylic acids is 1. The molecule has 3 aromatic rings. The number of halogens is 1. The van der Waals surface area contributed by atoms with Crippen molar-refractivity contribution >= 4 is 34.3 Å². The fourth-order valence-electron chi connectivity index (χ4n) is 3.23. The summed E-state index contributed by atoms with van der Waals surface area (Å²) in [6.45, 7) is 3.41. The molecule has 6 heteroatoms. The molecule has 5 nitrogen and oxygen atoms in total. The third-order valence-corrected chi connectivity index (χ3v) is 4.77. The Balaban J connectivity index is 2.33. The number of methoxy groups -OCH3 is 1. The van der Waals surface area contributed by atoms with Gasteiger partial charge in [-0.05, 0) is 55.8 Å². The molecule has 0 fully saturated rings. The van der Waals surface area contributed by atoms with Crippen molar-refractivity contribution < 1.29 is 19.4 Å². The number of aryl methyl sites for hydroxylation is 1. The highest BCUT2D eigenvalue weighted by Gasteiger charge is 2.27. The van der Waals surface area contributed by atoms with Crippen molar-refractivity contribution in [2.24, 2.45) is 0 Å². The summed E-state index contributed by atoms with van der Waals surface area (Å²) in [5.41, 5.74) is 2.80. The maximum absolute atomic E-state index is 13.2. The molecule has 2 N–H and O–H groups in total. The first-order chi connectivity index (χ1) is 12.3. The molecule has 0 spiro atoms. The van der Waals surface area contributed by atoms with Crippen LogP contribution in [0.5, 0.6) is 5.75 Å². The molecular formula is C20H18ClNO4. The van der Waals surface area contributed by atoms with Crippen LogP contribution in [-0.2, 0) is 4.79 Å². The Labute approximate surface area is 155 Å². The minimum absolute atomic E-state index is 0.248. The lowest BCUT2D eigenvalue weighted by Crippen LogP contribution is -2.10. The normalized spacial score (nSPS) is 12.2. The molecule has 134 valence electrons. The van der Waals surface area contributed by atoms with Crippen molar-refractivity contribution in [1.29, 1.82) is 0 Å². The second kappa shape index (κ2) is 6.84. The Morgan fingerprint density at radius 3 is 2.38 bits per heavy atom. The molecular weight excluding hydrogens is 354 g/mol. The molecule has 0 aliphatic carbocycles. The van der Waals surface area contributed by atoms with Gasteiger partial charge in [-0.15, -0.1) is 0 Å². The van der Waals surface area contributed by atoms with Gasteiger partial charge >= 0.3 is 5.97 Å². The van der Waals surface area contributed by atoms with Crippen molar-refractivity contribution in [2.75, 3.05) is 7.11 Å². The predicted octanol–water partition coefficient (Wildman–Crippen LogP) is 4.56. The van der Waals surface area contributed by atoms with Crippen LogP contribution < -0.4 is 4.74 Å². The van der Waals surface area contributed by atoms with E-state index in [0.29, 0.717) is 44.1 Å². The number of H-pyrrole nitrogens is 1. The van der Waals surface area contributed by atoms with E-state index in [0.717, 1.165) is 0 Å². The Kier molecular flexibility index (Phi) is 4.74. The molecule has 3 rings (SSSR count). The van der Waals surface area contributed by atoms with Crippen molar-refractivity contribution in [2.45, 2.75) is 19.8 Å². The van der Waals surface area contributed by atoms with Crippen LogP contribution in [-0.4, -0.2) is 29.0 Å². The number of rotatable bonds is 5. The lowest BCUT2D eigenvalue weighted by Gasteiger charge is -2.13. The standard InChI is InChI=1S/C20H18ClNO4/c1-10(20(24)25)16-11(2)22-14-8-9-15(26-3)18(17(14)16)19(23)12-4-6-13(21)7-5-12/h4-10,22H,1-3H3,(H,24,25). The molecule has 1 unspecified atom stereocenters. The van der Waals surface area contributed by atoms with Crippen molar-refractivity contribution in [1.82, 2.24) is 4.98 Å². The summed E-state index contributed by atoms with van der Waals surface area (Å²) in [7, 11) is 1.49. The number of hydrogen-bond donors (Lipinski definition) is 2. The van der Waals surface area contributed by atoms with Gasteiger partial charge in [0.2, 0.25) is 0 Å². The Morgan fingerprint density at radius 1 is 1.15 bits per heavy atom. The highest BCUT2D eigenvalue weighted by atomic mass is 35.5. The highest BCUT2D eigenvalue weighted by molar-refractivity contribution is 6.30. The van der Waals surface area contributed by atoms with E-state index in [9.17, 15) is 14.7 Å². The number of nitrogens with one attached hydrogen (secondary N) is 1. The first kappa shape index (κ1) is 18.0. The van der Waals surface area contributed by atoms with Crippen LogP contribution >= 0.6 is 11.6 Å². The number of carbonyl (C=O) groups excluding carboxylic acids is 1. The molecule has 0 aliphatic rings. The second-order valence-corrected chi connectivity index (χ2v) is 6.56. The Bertz CT molecular complexity index is 1000. The zero-order chi connectivity index (χ0) is 19.0. The number of ether oxygens (including phenoxy) is 1. The first-order valence-electron chi connectivity index (χ1n) is 8.07. The topological polar surface area (TPSA) is 79.4 Å². The van der Waals surface area contributed by atoms with Crippen LogP contribution in [0, 0.1) is 6.92 Å². The van der Waals surface area contributed by atoms with E-state index >= 15 is 0 Å². The molecule has 0 saturated carbocycles. The van der Waals surface area contributed by atoms with E-state index in [4.69, 9.17) is 16.3 Å². The van der Waals surface area contributed by atoms with Crippen LogP contribution in [0.2, 0.25) is 5.02 Å². The maximum atomic E-state index is 13.2. The lowest BCUT2D eigenvalue weighted by atomic mass is 9.91. The fraction of sp³-hybridized carbons (Fsp3) is 0.200. The average Bonchev–Trinajstić information content (AvgIpc) is 2.95. The van der Waals surface area contributed by atoms with Crippen LogP contribution in [0.1, 0.15) is 40.0 Å². The van der Waals surface area contributed by atoms with Crippen LogP contribution in [0.15, 0.2) is 36.4 Å². The van der Waals surface area contributed by atoms with Gasteiger partial charge in [-0.25, -0.2) is 0 Å². The van der Waals surface area contributed by atoms with Gasteiger partial charge in [0, 0.05) is 27.2 Å². The van der Waals surface area contributed by atoms with E-state index in [1.54, 1.807) is 50.2 Å². The number of ketones is 1. The van der Waals surface area contributed by atoms with Gasteiger partial charge in [0.15, 0.2) is 5.78 Å². The molecule has 0 saturated heterocycles. The number of hydrogen-bond acceptors (Lipinski definition) is 3. The van der Waals surface area contributed by atoms with Crippen LogP contribution in [0.25, 0.3) is 10.9 Å². The Morgan fingerprint density at radius 2 is 1.81 bits per heavy atom. The van der Waals surface area contributed by atoms with Crippen LogP contribution in [0.4, 0.5) is 0 Å². The van der Waals surface area contributed by atoms with Gasteiger partial charge in [0.25, 0.3) is 0 Å². The first-order valence-corrected chi connectivity index (χ1v) is 8.45. The number of aromatic amines is 1. The lowest BCUT2D eigenvalue weighted by molar-refractivity contribution is -0.138. The molecule has 0 aliphatic heterocycles. The van der Waals surface area contributed by atoms with Gasteiger partial charge in [-0.3, -0.25) is 9.59 Å². The molecule has 1 atom stereocenters. The monoisotopic (exact) mass is 371 g/mol. The SMILES string of the molecule is COc1ccc2[nH]c(C)c(C(C)C(=O)O)c2c1C(=O)c1ccc(Cl)cc1. The second-order valence-electron chi connectivity index (χ2n) is 6.13. The zero-order valence-corrected chi connectivity index (χ0v) is 15.3. The summed E-state index contributed by atoms with van der Waals surface area (Å²) in [5, 5.41) is 10.6. The number of fused-ring (bicyclic) bond motifs is 1. The molecule has 1 heterocycles. The minimum atomic E-state index is -0.957. The van der Waals surface area contributed by atoms with Gasteiger partial charge in [-0.1, -0.05) is 11.6 Å². The maximum Gasteiger partial charge on any atom is 0.310 e. The number of carbonyl (C=O) groups is 2. The molecule has 26 heavy (non-hydrogen) atoms. The molecule has 1 aromatic heterocycles. The number of carboxylic acids is 1. The summed E-state index contributed by atoms with van der Waals surface area (Å²) >= 11 is 5.91. The van der Waals surface area contributed by atoms with E-state index in [2.05, 4.69) is 4.98 Å². The fourth-order valence-corrected chi connectivity index (χ4v) is 3.36. The van der Waals surface area contributed by atoms with E-state index in [-0.39, 0.29) is 5.78 Å². The van der Waals surface area contributed by atoms with Gasteiger partial charge in [-0.2, -0.15) is 0 Å². The third kappa shape index (κ3) is 2.95. The number of benzene rings is 2. The summed E-state index contributed by atoms with van der Waals surface area (Å²) in [4.78, 5) is 28.0. The number of carboxylic acid groups (broad SMARTS) is 1. The summed E-state index contributed by atoms with van der Waals surface area (Å²) in [5.74, 6) is -1.58. The van der Waals surface area contributed by atoms with Crippen molar-refractivity contribution in [3.8, 4) is 5.75 Å². The minimum Gasteiger partial charge on any atom is -0.496 e. The quantitative estimate of drug-likeness (QED) is 0.644. The largest absolute Gasteiger partial charge is 0.496 e. The number of aromatic nitrogens is 1. The van der Waals surface area contributed by atoms with Crippen molar-refractivity contribution in [3.63, 3.8) is 0 Å². The Hall–Kier alpha value is -2.79. The summed E-state index contributed by atoms with van der Waals surface area (Å²) in [6, 6.07) is 10.1. The van der Waals surface area contributed by atoms with Gasteiger partial charge in [0.1, 0.15) is 5.75 Å². The molecule has 0 amide bonds. The zero-order valence-electron chi connectivity index (χ0n) is 14.6. The third-order valence-electron chi connectivity index (χ3n) is 4.52. The van der Waals surface area contributed by atoms with Gasteiger partial charge < -0.3 is 14.8 Å². The summed E-state index contributed by atoms with van der Waals surface area (Å²) in [6.07, 6.45) is 0. The molecule has 0 radical (unpaired) electrons. The average molecular weight is 372 g/mol. The smallest absolute Gasteiger partial charge is 0.310 e. The van der Waals surface area contributed by atoms with E-state index in [1.807, 2.05) is 0 Å². The van der Waals surface area contributed by atoms with Gasteiger partial charge in [0.05, 0.1) is 18.6 Å². The highest BCUT2D eigenvalue weighted by Crippen LogP contribution is 2.37. The molecule has 2 aromatic carbocycles. The van der Waals surface area contributed by atoms with Crippen LogP contribution in [0.3, 0.4) is 0 Å². The van der Waals surface area contributed by atoms with E-state index < -0.39 is 11.9 Å². The predicted molar refractivity (Wildman–Crippen MR) is 101 cm³/mol.